The number of cyclic esters (lactones) is 1. The Bertz CT molecular complexity index is 1330. The number of nitrogens with two attached hydrogens (primary N) is 1. The minimum absolute atomic E-state index is 0.00304. The normalized spacial score (nSPS) is 18.0. The molecule has 3 aromatic rings. The van der Waals surface area contributed by atoms with Crippen LogP contribution in [0.5, 0.6) is 0 Å². The van der Waals surface area contributed by atoms with Crippen molar-refractivity contribution in [3.63, 3.8) is 0 Å². The lowest BCUT2D eigenvalue weighted by atomic mass is 9.98. The number of halogens is 3. The number of rotatable bonds is 8. The number of nitrogens with one attached hydrogen (secondary N) is 1. The van der Waals surface area contributed by atoms with Gasteiger partial charge in [-0.1, -0.05) is 42.5 Å². The Balaban J connectivity index is 0.000000193. The summed E-state index contributed by atoms with van der Waals surface area (Å²) in [6.07, 6.45) is 0.329. The highest BCUT2D eigenvalue weighted by molar-refractivity contribution is 8.00. The number of benzene rings is 2. The van der Waals surface area contributed by atoms with Crippen LogP contribution in [0.4, 0.5) is 24.8 Å². The number of piperidine rings is 1. The first-order chi connectivity index (χ1) is 20.2. The fourth-order valence-corrected chi connectivity index (χ4v) is 6.13. The third-order valence-corrected chi connectivity index (χ3v) is 8.58. The summed E-state index contributed by atoms with van der Waals surface area (Å²) in [4.78, 5) is 21.7. The molecule has 222 valence electrons. The molecule has 2 aliphatic heterocycles. The Morgan fingerprint density at radius 2 is 1.81 bits per heavy atom. The molecule has 2 aromatic carbocycles. The summed E-state index contributed by atoms with van der Waals surface area (Å²) in [7, 11) is 0. The van der Waals surface area contributed by atoms with Crippen LogP contribution in [0.1, 0.15) is 30.9 Å². The van der Waals surface area contributed by atoms with Crippen molar-refractivity contribution in [3.05, 3.63) is 72.4 Å². The van der Waals surface area contributed by atoms with Crippen LogP contribution in [-0.4, -0.2) is 59.4 Å². The van der Waals surface area contributed by atoms with Crippen molar-refractivity contribution in [1.82, 2.24) is 15.3 Å². The van der Waals surface area contributed by atoms with Gasteiger partial charge < -0.3 is 15.4 Å². The van der Waals surface area contributed by atoms with Crippen LogP contribution in [0.25, 0.3) is 11.3 Å². The maximum absolute atomic E-state index is 13.0. The standard InChI is InChI=1S/C16H21NO2S.C14H12F3N5/c18-16-15(8-11-19-16)20-12-13-6-9-17(10-7-13)14-4-2-1-3-5-14;15-14(16,17)12(20-8-6-18)10-3-1-9(2-4-10)11-5-7-21-13(19)22-11/h1-5,13,15H,6-12H2;1-5,7,12,20H,8H2,(H2,19,21,22). The number of para-hydroxylation sites is 1. The average Bonchev–Trinajstić information content (AvgIpc) is 3.41. The third-order valence-electron chi connectivity index (χ3n) is 7.08. The lowest BCUT2D eigenvalue weighted by Gasteiger charge is -2.33. The Morgan fingerprint density at radius 1 is 1.10 bits per heavy atom. The molecular formula is C30H33F3N6O2S. The van der Waals surface area contributed by atoms with Crippen molar-refractivity contribution in [2.24, 2.45) is 5.92 Å². The van der Waals surface area contributed by atoms with Gasteiger partial charge in [0, 0.05) is 37.0 Å². The first-order valence-electron chi connectivity index (χ1n) is 13.7. The van der Waals surface area contributed by atoms with E-state index in [1.807, 2.05) is 0 Å². The Hall–Kier alpha value is -3.82. The number of nitrogens with zero attached hydrogens (tertiary/aromatic N) is 4. The summed E-state index contributed by atoms with van der Waals surface area (Å²) >= 11 is 1.80. The van der Waals surface area contributed by atoms with Gasteiger partial charge in [0.25, 0.3) is 0 Å². The zero-order valence-corrected chi connectivity index (χ0v) is 23.8. The number of thioether (sulfide) groups is 1. The van der Waals surface area contributed by atoms with Crippen LogP contribution in [0.3, 0.4) is 0 Å². The number of carbonyl (C=O) groups excluding carboxylic acids is 1. The van der Waals surface area contributed by atoms with E-state index in [0.29, 0.717) is 17.9 Å². The second kappa shape index (κ2) is 14.9. The lowest BCUT2D eigenvalue weighted by Crippen LogP contribution is -2.34. The molecule has 3 heterocycles. The molecule has 8 nitrogen and oxygen atoms in total. The predicted molar refractivity (Wildman–Crippen MR) is 157 cm³/mol. The summed E-state index contributed by atoms with van der Waals surface area (Å²) in [5.74, 6) is 1.93. The third kappa shape index (κ3) is 8.84. The molecule has 0 aliphatic carbocycles. The molecular weight excluding hydrogens is 565 g/mol. The SMILES string of the molecule is N#CCNC(c1ccc(-c2ccnc(N)n2)cc1)C(F)(F)F.O=C1OCCC1SCC1CCN(c2ccccc2)CC1. The number of esters is 1. The van der Waals surface area contributed by atoms with Crippen LogP contribution in [0.2, 0.25) is 0 Å². The topological polar surface area (TPSA) is 117 Å². The number of aromatic nitrogens is 2. The second-order valence-corrected chi connectivity index (χ2v) is 11.2. The van der Waals surface area contributed by atoms with E-state index in [-0.39, 0.29) is 22.7 Å². The van der Waals surface area contributed by atoms with Gasteiger partial charge in [-0.2, -0.15) is 18.4 Å². The molecule has 2 unspecified atom stereocenters. The molecule has 0 amide bonds. The number of anilines is 2. The van der Waals surface area contributed by atoms with Crippen molar-refractivity contribution in [2.75, 3.05) is 42.6 Å². The maximum atomic E-state index is 13.0. The largest absolute Gasteiger partial charge is 0.465 e. The second-order valence-electron chi connectivity index (χ2n) is 9.98. The number of hydrogen-bond donors (Lipinski definition) is 2. The number of carbonyl (C=O) groups is 1. The van der Waals surface area contributed by atoms with Crippen molar-refractivity contribution in [2.45, 2.75) is 36.7 Å². The average molecular weight is 599 g/mol. The molecule has 2 aliphatic rings. The summed E-state index contributed by atoms with van der Waals surface area (Å²) in [5, 5.41) is 10.7. The molecule has 3 N–H and O–H groups in total. The molecule has 12 heteroatoms. The van der Waals surface area contributed by atoms with Crippen LogP contribution in [0.15, 0.2) is 66.9 Å². The molecule has 0 radical (unpaired) electrons. The van der Waals surface area contributed by atoms with Gasteiger partial charge in [0.15, 0.2) is 0 Å². The van der Waals surface area contributed by atoms with Crippen molar-refractivity contribution in [1.29, 1.82) is 5.26 Å². The zero-order chi connectivity index (χ0) is 30.0. The number of ether oxygens (including phenoxy) is 1. The van der Waals surface area contributed by atoms with E-state index in [1.54, 1.807) is 23.9 Å². The van der Waals surface area contributed by atoms with Gasteiger partial charge in [-0.25, -0.2) is 9.97 Å². The Kier molecular flexibility index (Phi) is 11.0. The molecule has 42 heavy (non-hydrogen) atoms. The van der Waals surface area contributed by atoms with Crippen LogP contribution < -0.4 is 16.0 Å². The fraction of sp³-hybridized carbons (Fsp3) is 0.400. The first kappa shape index (κ1) is 31.1. The quantitative estimate of drug-likeness (QED) is 0.260. The molecule has 0 saturated carbocycles. The highest BCUT2D eigenvalue weighted by Crippen LogP contribution is 2.33. The zero-order valence-electron chi connectivity index (χ0n) is 23.0. The smallest absolute Gasteiger partial charge is 0.407 e. The summed E-state index contributed by atoms with van der Waals surface area (Å²) in [6, 6.07) is 17.7. The lowest BCUT2D eigenvalue weighted by molar-refractivity contribution is -0.157. The van der Waals surface area contributed by atoms with Crippen molar-refractivity contribution >= 4 is 29.4 Å². The van der Waals surface area contributed by atoms with Gasteiger partial charge in [-0.15, -0.1) is 11.8 Å². The minimum Gasteiger partial charge on any atom is -0.465 e. The van der Waals surface area contributed by atoms with E-state index >= 15 is 0 Å². The van der Waals surface area contributed by atoms with E-state index in [4.69, 9.17) is 15.7 Å². The van der Waals surface area contributed by atoms with E-state index in [1.165, 1.54) is 49.0 Å². The maximum Gasteiger partial charge on any atom is 0.407 e. The molecule has 2 saturated heterocycles. The van der Waals surface area contributed by atoms with Gasteiger partial charge in [-0.3, -0.25) is 10.1 Å². The highest BCUT2D eigenvalue weighted by Gasteiger charge is 2.40. The summed E-state index contributed by atoms with van der Waals surface area (Å²) < 4.78 is 44.0. The number of hydrogen-bond acceptors (Lipinski definition) is 9. The van der Waals surface area contributed by atoms with Gasteiger partial charge >= 0.3 is 12.1 Å². The van der Waals surface area contributed by atoms with Gasteiger partial charge in [0.2, 0.25) is 5.95 Å². The minimum atomic E-state index is -4.49. The van der Waals surface area contributed by atoms with E-state index in [2.05, 4.69) is 50.5 Å². The molecule has 5 rings (SSSR count). The van der Waals surface area contributed by atoms with Crippen LogP contribution in [-0.2, 0) is 9.53 Å². The molecule has 1 aromatic heterocycles. The fourth-order valence-electron chi connectivity index (χ4n) is 4.83. The number of alkyl halides is 3. The van der Waals surface area contributed by atoms with Gasteiger partial charge in [0.05, 0.1) is 24.9 Å². The molecule has 2 atom stereocenters. The Labute approximate surface area is 247 Å². The van der Waals surface area contributed by atoms with E-state index in [0.717, 1.165) is 31.2 Å². The van der Waals surface area contributed by atoms with Crippen molar-refractivity contribution in [3.8, 4) is 17.3 Å². The molecule has 2 fully saturated rings. The molecule has 0 spiro atoms. The van der Waals surface area contributed by atoms with Crippen molar-refractivity contribution < 1.29 is 22.7 Å². The van der Waals surface area contributed by atoms with E-state index in [9.17, 15) is 18.0 Å². The van der Waals surface area contributed by atoms with E-state index < -0.39 is 18.8 Å². The van der Waals surface area contributed by atoms with Crippen LogP contribution in [0, 0.1) is 17.2 Å². The highest BCUT2D eigenvalue weighted by atomic mass is 32.2. The predicted octanol–water partition coefficient (Wildman–Crippen LogP) is 5.39. The Morgan fingerprint density at radius 3 is 2.40 bits per heavy atom. The number of nitrogen functional groups attached to an aromatic ring is 1. The van der Waals surface area contributed by atoms with Gasteiger partial charge in [0.1, 0.15) is 11.3 Å². The summed E-state index contributed by atoms with van der Waals surface area (Å²) in [5.41, 5.74) is 7.97. The first-order valence-corrected chi connectivity index (χ1v) is 14.7. The van der Waals surface area contributed by atoms with Crippen LogP contribution >= 0.6 is 11.8 Å². The monoisotopic (exact) mass is 598 g/mol. The molecule has 0 bridgehead atoms. The summed E-state index contributed by atoms with van der Waals surface area (Å²) in [6.45, 7) is 2.48. The van der Waals surface area contributed by atoms with Gasteiger partial charge in [-0.05, 0) is 48.3 Å². The number of nitriles is 1.